The second kappa shape index (κ2) is 6.04. The van der Waals surface area contributed by atoms with Crippen LogP contribution in [-0.4, -0.2) is 5.78 Å². The Kier molecular flexibility index (Phi) is 4.64. The van der Waals surface area contributed by atoms with Crippen LogP contribution in [0.25, 0.3) is 0 Å². The van der Waals surface area contributed by atoms with Crippen LogP contribution in [0.1, 0.15) is 84.5 Å². The monoisotopic (exact) mass is 248 g/mol. The summed E-state index contributed by atoms with van der Waals surface area (Å²) in [6.45, 7) is 4.49. The lowest BCUT2D eigenvalue weighted by molar-refractivity contribution is -0.116. The van der Waals surface area contributed by atoms with Gasteiger partial charge in [0.15, 0.2) is 5.78 Å². The van der Waals surface area contributed by atoms with Gasteiger partial charge < -0.3 is 0 Å². The van der Waals surface area contributed by atoms with Crippen molar-refractivity contribution in [3.63, 3.8) is 0 Å². The van der Waals surface area contributed by atoms with Crippen molar-refractivity contribution in [1.82, 2.24) is 0 Å². The fourth-order valence-electron chi connectivity index (χ4n) is 3.99. The van der Waals surface area contributed by atoms with Crippen LogP contribution in [0, 0.1) is 5.41 Å². The molecule has 1 saturated carbocycles. The van der Waals surface area contributed by atoms with Crippen molar-refractivity contribution >= 4 is 5.78 Å². The van der Waals surface area contributed by atoms with E-state index >= 15 is 0 Å². The topological polar surface area (TPSA) is 17.1 Å². The largest absolute Gasteiger partial charge is 0.295 e. The van der Waals surface area contributed by atoms with Crippen molar-refractivity contribution in [3.05, 3.63) is 11.1 Å². The van der Waals surface area contributed by atoms with E-state index < -0.39 is 0 Å². The fourth-order valence-corrected chi connectivity index (χ4v) is 3.99. The van der Waals surface area contributed by atoms with Gasteiger partial charge in [0, 0.05) is 6.42 Å². The van der Waals surface area contributed by atoms with Crippen LogP contribution < -0.4 is 0 Å². The van der Waals surface area contributed by atoms with E-state index in [1.807, 2.05) is 0 Å². The summed E-state index contributed by atoms with van der Waals surface area (Å²) in [4.78, 5) is 12.3. The van der Waals surface area contributed by atoms with Crippen molar-refractivity contribution in [2.75, 3.05) is 0 Å². The Labute approximate surface area is 112 Å². The third-order valence-electron chi connectivity index (χ3n) is 4.96. The molecule has 2 aliphatic rings. The summed E-state index contributed by atoms with van der Waals surface area (Å²) in [5.41, 5.74) is 3.18. The minimum atomic E-state index is 0.328. The van der Waals surface area contributed by atoms with Gasteiger partial charge in [-0.1, -0.05) is 45.1 Å². The third-order valence-corrected chi connectivity index (χ3v) is 4.96. The van der Waals surface area contributed by atoms with Crippen molar-refractivity contribution in [2.45, 2.75) is 84.5 Å². The average molecular weight is 248 g/mol. The maximum Gasteiger partial charge on any atom is 0.159 e. The second-order valence-electron chi connectivity index (χ2n) is 6.25. The molecule has 1 atom stereocenters. The van der Waals surface area contributed by atoms with Gasteiger partial charge in [0.25, 0.3) is 0 Å². The van der Waals surface area contributed by atoms with Gasteiger partial charge in [0.05, 0.1) is 0 Å². The molecule has 0 aliphatic heterocycles. The first-order valence-corrected chi connectivity index (χ1v) is 7.99. The molecular weight excluding hydrogens is 220 g/mol. The molecule has 0 bridgehead atoms. The lowest BCUT2D eigenvalue weighted by Crippen LogP contribution is -2.16. The van der Waals surface area contributed by atoms with Crippen LogP contribution >= 0.6 is 0 Å². The van der Waals surface area contributed by atoms with E-state index in [9.17, 15) is 4.79 Å². The number of carbonyl (C=O) groups is 1. The Balaban J connectivity index is 2.10. The van der Waals surface area contributed by atoms with Gasteiger partial charge in [-0.05, 0) is 49.5 Å². The molecule has 0 aromatic rings. The van der Waals surface area contributed by atoms with E-state index in [1.54, 1.807) is 5.57 Å². The number of unbranched alkanes of at least 4 members (excludes halogenated alkanes) is 3. The molecule has 0 radical (unpaired) electrons. The van der Waals surface area contributed by atoms with Gasteiger partial charge in [-0.2, -0.15) is 0 Å². The Morgan fingerprint density at radius 2 is 1.89 bits per heavy atom. The highest BCUT2D eigenvalue weighted by atomic mass is 16.1. The SMILES string of the molecule is CCCCCC1=C2CCC[C@]2(CCCC)CC1=O. The summed E-state index contributed by atoms with van der Waals surface area (Å²) in [5.74, 6) is 0.497. The third kappa shape index (κ3) is 2.55. The Bertz CT molecular complexity index is 340. The lowest BCUT2D eigenvalue weighted by atomic mass is 9.78. The number of Topliss-reactive ketones (excluding diaryl/α,β-unsaturated/α-hetero) is 1. The van der Waals surface area contributed by atoms with Crippen LogP contribution in [-0.2, 0) is 4.79 Å². The standard InChI is InChI=1S/C17H28O/c1-3-5-7-9-14-15-10-8-12-17(15,11-6-4-2)13-16(14)18/h3-13H2,1-2H3/t17-/m1/s1. The predicted octanol–water partition coefficient (Wildman–Crippen LogP) is 5.20. The highest BCUT2D eigenvalue weighted by Gasteiger charge is 2.46. The zero-order valence-corrected chi connectivity index (χ0v) is 12.2. The minimum Gasteiger partial charge on any atom is -0.295 e. The van der Waals surface area contributed by atoms with Crippen LogP contribution in [0.2, 0.25) is 0 Å². The smallest absolute Gasteiger partial charge is 0.159 e. The fraction of sp³-hybridized carbons (Fsp3) is 0.824. The first-order chi connectivity index (χ1) is 8.73. The minimum absolute atomic E-state index is 0.328. The van der Waals surface area contributed by atoms with Gasteiger partial charge in [-0.15, -0.1) is 0 Å². The molecule has 2 aliphatic carbocycles. The Morgan fingerprint density at radius 3 is 2.61 bits per heavy atom. The van der Waals surface area contributed by atoms with Crippen molar-refractivity contribution < 1.29 is 4.79 Å². The summed E-state index contributed by atoms with van der Waals surface area (Å²) in [6.07, 6.45) is 13.3. The molecule has 1 heteroatoms. The van der Waals surface area contributed by atoms with E-state index in [-0.39, 0.29) is 0 Å². The highest BCUT2D eigenvalue weighted by Crippen LogP contribution is 2.55. The van der Waals surface area contributed by atoms with Gasteiger partial charge in [-0.25, -0.2) is 0 Å². The number of hydrogen-bond donors (Lipinski definition) is 0. The molecule has 0 spiro atoms. The molecule has 0 N–H and O–H groups in total. The molecule has 0 aromatic heterocycles. The van der Waals surface area contributed by atoms with Gasteiger partial charge >= 0.3 is 0 Å². The first-order valence-electron chi connectivity index (χ1n) is 7.99. The van der Waals surface area contributed by atoms with Crippen molar-refractivity contribution in [2.24, 2.45) is 5.41 Å². The summed E-state index contributed by atoms with van der Waals surface area (Å²) in [6, 6.07) is 0. The van der Waals surface area contributed by atoms with E-state index in [0.29, 0.717) is 11.2 Å². The van der Waals surface area contributed by atoms with Crippen LogP contribution in [0.15, 0.2) is 11.1 Å². The van der Waals surface area contributed by atoms with Gasteiger partial charge in [-0.3, -0.25) is 4.79 Å². The normalized spacial score (nSPS) is 27.1. The number of hydrogen-bond acceptors (Lipinski definition) is 1. The Hall–Kier alpha value is -0.590. The molecule has 0 aromatic carbocycles. The maximum atomic E-state index is 12.3. The number of allylic oxidation sites excluding steroid dienone is 2. The molecule has 18 heavy (non-hydrogen) atoms. The zero-order chi connectivity index (χ0) is 13.0. The number of carbonyl (C=O) groups excluding carboxylic acids is 1. The molecule has 102 valence electrons. The number of ketones is 1. The van der Waals surface area contributed by atoms with Gasteiger partial charge in [0.2, 0.25) is 0 Å². The maximum absolute atomic E-state index is 12.3. The number of rotatable bonds is 7. The summed E-state index contributed by atoms with van der Waals surface area (Å²) < 4.78 is 0. The molecule has 1 nitrogen and oxygen atoms in total. The van der Waals surface area contributed by atoms with Gasteiger partial charge in [0.1, 0.15) is 0 Å². The molecule has 0 amide bonds. The van der Waals surface area contributed by atoms with Crippen LogP contribution in [0.3, 0.4) is 0 Å². The molecular formula is C17H28O. The molecule has 0 unspecified atom stereocenters. The van der Waals surface area contributed by atoms with E-state index in [2.05, 4.69) is 13.8 Å². The number of fused-ring (bicyclic) bond motifs is 1. The molecule has 0 saturated heterocycles. The van der Waals surface area contributed by atoms with E-state index in [4.69, 9.17) is 0 Å². The average Bonchev–Trinajstić information content (AvgIpc) is 2.85. The zero-order valence-electron chi connectivity index (χ0n) is 12.2. The predicted molar refractivity (Wildman–Crippen MR) is 76.6 cm³/mol. The first kappa shape index (κ1) is 13.8. The van der Waals surface area contributed by atoms with Crippen LogP contribution in [0.4, 0.5) is 0 Å². The van der Waals surface area contributed by atoms with E-state index in [0.717, 1.165) is 12.8 Å². The van der Waals surface area contributed by atoms with Crippen LogP contribution in [0.5, 0.6) is 0 Å². The van der Waals surface area contributed by atoms with Crippen molar-refractivity contribution in [3.8, 4) is 0 Å². The Morgan fingerprint density at radius 1 is 1.11 bits per heavy atom. The summed E-state index contributed by atoms with van der Waals surface area (Å²) in [5, 5.41) is 0. The molecule has 1 fully saturated rings. The molecule has 2 rings (SSSR count). The van der Waals surface area contributed by atoms with E-state index in [1.165, 1.54) is 63.4 Å². The quantitative estimate of drug-likeness (QED) is 0.566. The summed E-state index contributed by atoms with van der Waals surface area (Å²) in [7, 11) is 0. The van der Waals surface area contributed by atoms with Crippen molar-refractivity contribution in [1.29, 1.82) is 0 Å². The second-order valence-corrected chi connectivity index (χ2v) is 6.25. The lowest BCUT2D eigenvalue weighted by Gasteiger charge is -2.25. The summed E-state index contributed by atoms with van der Waals surface area (Å²) >= 11 is 0. The molecule has 0 heterocycles. The highest BCUT2D eigenvalue weighted by molar-refractivity contribution is 6.00.